The van der Waals surface area contributed by atoms with Crippen molar-refractivity contribution in [2.24, 2.45) is 16.3 Å². The average Bonchev–Trinajstić information content (AvgIpc) is 3.40. The van der Waals surface area contributed by atoms with Crippen LogP contribution in [0.2, 0.25) is 0 Å². The molecule has 1 aliphatic carbocycles. The van der Waals surface area contributed by atoms with Gasteiger partial charge in [0.1, 0.15) is 28.3 Å². The quantitative estimate of drug-likeness (QED) is 0.238. The van der Waals surface area contributed by atoms with E-state index in [0.29, 0.717) is 39.3 Å². The number of aliphatic imine (C=N–C) groups is 1. The van der Waals surface area contributed by atoms with Crippen LogP contribution in [0.4, 0.5) is 10.7 Å². The van der Waals surface area contributed by atoms with Crippen molar-refractivity contribution in [2.45, 2.75) is 40.0 Å². The zero-order valence-electron chi connectivity index (χ0n) is 19.0. The first-order chi connectivity index (χ1) is 15.7. The second kappa shape index (κ2) is 8.83. The summed E-state index contributed by atoms with van der Waals surface area (Å²) >= 11 is 1.59. The Bertz CT molecular complexity index is 1270. The Balaban J connectivity index is 1.59. The minimum Gasteiger partial charge on any atom is -0.496 e. The number of nitrogens with zero attached hydrogens (tertiary/aromatic N) is 3. The molecule has 7 nitrogen and oxygen atoms in total. The van der Waals surface area contributed by atoms with Crippen LogP contribution in [0.1, 0.15) is 49.0 Å². The van der Waals surface area contributed by atoms with Crippen LogP contribution in [0, 0.1) is 32.8 Å². The van der Waals surface area contributed by atoms with E-state index in [0.717, 1.165) is 24.8 Å². The molecule has 0 radical (unpaired) electrons. The monoisotopic (exact) mass is 463 g/mol. The van der Waals surface area contributed by atoms with E-state index >= 15 is 0 Å². The summed E-state index contributed by atoms with van der Waals surface area (Å²) in [5, 5.41) is 21.5. The van der Waals surface area contributed by atoms with Gasteiger partial charge in [-0.1, -0.05) is 20.8 Å². The molecule has 0 saturated carbocycles. The third kappa shape index (κ3) is 4.55. The Labute approximate surface area is 196 Å². The Morgan fingerprint density at radius 1 is 1.33 bits per heavy atom. The van der Waals surface area contributed by atoms with Crippen molar-refractivity contribution in [3.8, 4) is 23.1 Å². The van der Waals surface area contributed by atoms with Crippen molar-refractivity contribution in [3.05, 3.63) is 62.2 Å². The maximum Gasteiger partial charge on any atom is 0.273 e. The van der Waals surface area contributed by atoms with Gasteiger partial charge in [0, 0.05) is 10.9 Å². The van der Waals surface area contributed by atoms with Crippen molar-refractivity contribution in [3.63, 3.8) is 0 Å². The molecule has 2 heterocycles. The van der Waals surface area contributed by atoms with Crippen molar-refractivity contribution < 1.29 is 14.1 Å². The number of ether oxygens (including phenoxy) is 1. The zero-order valence-corrected chi connectivity index (χ0v) is 19.9. The minimum atomic E-state index is -0.469. The predicted molar refractivity (Wildman–Crippen MR) is 129 cm³/mol. The lowest BCUT2D eigenvalue weighted by Gasteiger charge is -2.33. The summed E-state index contributed by atoms with van der Waals surface area (Å²) in [5.74, 6) is 1.99. The molecule has 1 atom stereocenters. The highest BCUT2D eigenvalue weighted by Crippen LogP contribution is 2.45. The van der Waals surface area contributed by atoms with Gasteiger partial charge in [0.15, 0.2) is 0 Å². The molecule has 0 saturated heterocycles. The number of hydrogen-bond donors (Lipinski definition) is 0. The lowest BCUT2D eigenvalue weighted by atomic mass is 9.72. The summed E-state index contributed by atoms with van der Waals surface area (Å²) in [4.78, 5) is 16.4. The molecule has 1 aliphatic rings. The van der Waals surface area contributed by atoms with Crippen LogP contribution in [0.15, 0.2) is 39.7 Å². The number of methoxy groups -OCH3 is 1. The summed E-state index contributed by atoms with van der Waals surface area (Å²) in [6.45, 7) is 6.82. The van der Waals surface area contributed by atoms with E-state index in [2.05, 4.69) is 31.8 Å². The van der Waals surface area contributed by atoms with Crippen LogP contribution in [-0.4, -0.2) is 18.2 Å². The lowest BCUT2D eigenvalue weighted by molar-refractivity contribution is -0.384. The van der Waals surface area contributed by atoms with Gasteiger partial charge in [-0.25, -0.2) is 4.99 Å². The molecule has 0 aliphatic heterocycles. The standard InChI is InChI=1S/C25H25N3O4S/c1-25(2,3)15-5-8-18-20(13-26)24(33-23(18)11-15)27-14-17-7-10-21(32-17)19-9-6-16(28(29)30)12-22(19)31-4/h6-7,9-10,12,14-15H,5,8,11H2,1-4H3/t15-/m0/s1. The van der Waals surface area contributed by atoms with E-state index in [-0.39, 0.29) is 11.1 Å². The second-order valence-corrected chi connectivity index (χ2v) is 10.3. The van der Waals surface area contributed by atoms with Gasteiger partial charge in [-0.15, -0.1) is 11.3 Å². The Morgan fingerprint density at radius 2 is 2.12 bits per heavy atom. The van der Waals surface area contributed by atoms with Gasteiger partial charge in [0.05, 0.1) is 35.4 Å². The second-order valence-electron chi connectivity index (χ2n) is 9.20. The highest BCUT2D eigenvalue weighted by molar-refractivity contribution is 7.16. The summed E-state index contributed by atoms with van der Waals surface area (Å²) in [6, 6.07) is 10.3. The summed E-state index contributed by atoms with van der Waals surface area (Å²) in [6.07, 6.45) is 4.60. The minimum absolute atomic E-state index is 0.0525. The first-order valence-electron chi connectivity index (χ1n) is 10.7. The normalized spacial score (nSPS) is 15.9. The Hall–Kier alpha value is -3.44. The topological polar surface area (TPSA) is 102 Å². The van der Waals surface area contributed by atoms with Crippen LogP contribution in [0.3, 0.4) is 0 Å². The van der Waals surface area contributed by atoms with Crippen LogP contribution >= 0.6 is 11.3 Å². The van der Waals surface area contributed by atoms with Gasteiger partial charge in [0.25, 0.3) is 5.69 Å². The third-order valence-corrected chi connectivity index (χ3v) is 7.34. The van der Waals surface area contributed by atoms with Crippen LogP contribution < -0.4 is 4.74 Å². The molecule has 170 valence electrons. The molecule has 4 rings (SSSR count). The van der Waals surface area contributed by atoms with Crippen molar-refractivity contribution >= 4 is 28.2 Å². The number of fused-ring (bicyclic) bond motifs is 1. The number of thiophene rings is 1. The number of nitro groups is 1. The fraction of sp³-hybridized carbons (Fsp3) is 0.360. The molecule has 0 unspecified atom stereocenters. The number of non-ortho nitro benzene ring substituents is 1. The fourth-order valence-electron chi connectivity index (χ4n) is 4.20. The zero-order chi connectivity index (χ0) is 23.8. The molecular weight excluding hydrogens is 438 g/mol. The van der Waals surface area contributed by atoms with Crippen LogP contribution in [0.5, 0.6) is 5.75 Å². The molecule has 0 N–H and O–H groups in total. The number of nitro benzene ring substituents is 1. The summed E-state index contributed by atoms with van der Waals surface area (Å²) in [7, 11) is 1.46. The molecule has 1 aromatic carbocycles. The third-order valence-electron chi connectivity index (χ3n) is 6.18. The van der Waals surface area contributed by atoms with Gasteiger partial charge < -0.3 is 9.15 Å². The van der Waals surface area contributed by atoms with E-state index in [1.807, 2.05) is 0 Å². The number of nitriles is 1. The van der Waals surface area contributed by atoms with Crippen molar-refractivity contribution in [1.29, 1.82) is 5.26 Å². The van der Waals surface area contributed by atoms with Crippen LogP contribution in [-0.2, 0) is 12.8 Å². The Morgan fingerprint density at radius 3 is 2.79 bits per heavy atom. The molecule has 0 amide bonds. The molecular formula is C25H25N3O4S. The maximum absolute atomic E-state index is 11.0. The fourth-order valence-corrected chi connectivity index (χ4v) is 5.42. The van der Waals surface area contributed by atoms with E-state index in [4.69, 9.17) is 9.15 Å². The number of rotatable bonds is 5. The Kier molecular flexibility index (Phi) is 6.09. The van der Waals surface area contributed by atoms with Gasteiger partial charge in [-0.2, -0.15) is 5.26 Å². The molecule has 8 heteroatoms. The number of benzene rings is 1. The molecule has 2 aromatic heterocycles. The van der Waals surface area contributed by atoms with E-state index < -0.39 is 4.92 Å². The van der Waals surface area contributed by atoms with E-state index in [9.17, 15) is 15.4 Å². The number of hydrogen-bond acceptors (Lipinski definition) is 7. The number of furan rings is 1. The molecule has 0 fully saturated rings. The first kappa shape index (κ1) is 22.7. The van der Waals surface area contributed by atoms with Gasteiger partial charge in [-0.3, -0.25) is 10.1 Å². The summed E-state index contributed by atoms with van der Waals surface area (Å²) in [5.41, 5.74) is 2.61. The van der Waals surface area contributed by atoms with Gasteiger partial charge in [0.2, 0.25) is 0 Å². The first-order valence-corrected chi connectivity index (χ1v) is 11.5. The van der Waals surface area contributed by atoms with Crippen LogP contribution in [0.25, 0.3) is 11.3 Å². The average molecular weight is 464 g/mol. The summed E-state index contributed by atoms with van der Waals surface area (Å²) < 4.78 is 11.2. The van der Waals surface area contributed by atoms with Crippen molar-refractivity contribution in [1.82, 2.24) is 0 Å². The molecule has 33 heavy (non-hydrogen) atoms. The van der Waals surface area contributed by atoms with Gasteiger partial charge in [-0.05, 0) is 54.4 Å². The van der Waals surface area contributed by atoms with Gasteiger partial charge >= 0.3 is 0 Å². The van der Waals surface area contributed by atoms with Crippen molar-refractivity contribution in [2.75, 3.05) is 7.11 Å². The predicted octanol–water partition coefficient (Wildman–Crippen LogP) is 6.70. The maximum atomic E-state index is 11.0. The SMILES string of the molecule is COc1cc([N+](=O)[O-])ccc1-c1ccc(C=Nc2sc3c(c2C#N)CC[C@H](C(C)(C)C)C3)o1. The van der Waals surface area contributed by atoms with E-state index in [1.165, 1.54) is 24.1 Å². The molecule has 0 spiro atoms. The molecule has 3 aromatic rings. The lowest BCUT2D eigenvalue weighted by Crippen LogP contribution is -2.26. The molecule has 0 bridgehead atoms. The highest BCUT2D eigenvalue weighted by Gasteiger charge is 2.32. The largest absolute Gasteiger partial charge is 0.496 e. The van der Waals surface area contributed by atoms with E-state index in [1.54, 1.807) is 35.8 Å². The smallest absolute Gasteiger partial charge is 0.273 e. The highest BCUT2D eigenvalue weighted by atomic mass is 32.1.